The number of para-hydroxylation sites is 1. The Bertz CT molecular complexity index is 294. The van der Waals surface area contributed by atoms with Gasteiger partial charge in [-0.15, -0.1) is 0 Å². The molecular formula is C13H20O2. The second-order valence-corrected chi connectivity index (χ2v) is 4.13. The highest BCUT2D eigenvalue weighted by molar-refractivity contribution is 5.35. The normalized spacial score (nSPS) is 12.9. The Kier molecular flexibility index (Phi) is 4.63. The van der Waals surface area contributed by atoms with Crippen molar-refractivity contribution in [2.45, 2.75) is 39.2 Å². The summed E-state index contributed by atoms with van der Waals surface area (Å²) in [5.41, 5.74) is 1.22. The molecule has 0 aliphatic carbocycles. The van der Waals surface area contributed by atoms with E-state index in [4.69, 9.17) is 9.84 Å². The Morgan fingerprint density at radius 1 is 1.20 bits per heavy atom. The molecule has 0 spiro atoms. The van der Waals surface area contributed by atoms with Crippen LogP contribution in [0.4, 0.5) is 0 Å². The average Bonchev–Trinajstić information content (AvgIpc) is 2.18. The molecule has 1 aromatic carbocycles. The quantitative estimate of drug-likeness (QED) is 0.806. The van der Waals surface area contributed by atoms with Crippen molar-refractivity contribution in [1.29, 1.82) is 0 Å². The summed E-state index contributed by atoms with van der Waals surface area (Å²) in [6.45, 7) is 6.45. The molecule has 0 amide bonds. The second kappa shape index (κ2) is 5.76. The van der Waals surface area contributed by atoms with Gasteiger partial charge < -0.3 is 9.84 Å². The lowest BCUT2D eigenvalue weighted by Crippen LogP contribution is -2.14. The lowest BCUT2D eigenvalue weighted by molar-refractivity contribution is 0.167. The molecule has 15 heavy (non-hydrogen) atoms. The van der Waals surface area contributed by atoms with Crippen molar-refractivity contribution < 1.29 is 9.84 Å². The summed E-state index contributed by atoms with van der Waals surface area (Å²) in [5.74, 6) is 1.40. The number of ether oxygens (including phenoxy) is 1. The summed E-state index contributed by atoms with van der Waals surface area (Å²) in [6, 6.07) is 8.08. The van der Waals surface area contributed by atoms with E-state index in [9.17, 15) is 0 Å². The molecule has 1 atom stereocenters. The van der Waals surface area contributed by atoms with Gasteiger partial charge in [0.2, 0.25) is 0 Å². The molecule has 2 heteroatoms. The smallest absolute Gasteiger partial charge is 0.123 e. The molecule has 0 aliphatic heterocycles. The topological polar surface area (TPSA) is 29.5 Å². The summed E-state index contributed by atoms with van der Waals surface area (Å²) < 4.78 is 5.79. The second-order valence-electron chi connectivity index (χ2n) is 4.13. The predicted molar refractivity (Wildman–Crippen MR) is 62.3 cm³/mol. The summed E-state index contributed by atoms with van der Waals surface area (Å²) in [6.07, 6.45) is 0.738. The Hall–Kier alpha value is -1.02. The molecule has 0 saturated heterocycles. The van der Waals surface area contributed by atoms with E-state index in [-0.39, 0.29) is 12.7 Å². The zero-order valence-electron chi connectivity index (χ0n) is 9.73. The first-order chi connectivity index (χ1) is 7.15. The fraction of sp³-hybridized carbons (Fsp3) is 0.538. The molecule has 1 N–H and O–H groups in total. The van der Waals surface area contributed by atoms with E-state index in [2.05, 4.69) is 19.9 Å². The minimum Gasteiger partial charge on any atom is -0.490 e. The highest BCUT2D eigenvalue weighted by Crippen LogP contribution is 2.26. The number of hydrogen-bond acceptors (Lipinski definition) is 2. The number of benzene rings is 1. The summed E-state index contributed by atoms with van der Waals surface area (Å²) in [5, 5.41) is 8.81. The fourth-order valence-electron chi connectivity index (χ4n) is 1.52. The van der Waals surface area contributed by atoms with Crippen molar-refractivity contribution in [3.63, 3.8) is 0 Å². The van der Waals surface area contributed by atoms with E-state index in [0.717, 1.165) is 5.75 Å². The first kappa shape index (κ1) is 12.1. The minimum absolute atomic E-state index is 0.0647. The van der Waals surface area contributed by atoms with Crippen LogP contribution >= 0.6 is 0 Å². The molecule has 1 rings (SSSR count). The predicted octanol–water partition coefficient (Wildman–Crippen LogP) is 2.96. The molecule has 1 unspecified atom stereocenters. The third-order valence-corrected chi connectivity index (χ3v) is 2.40. The van der Waals surface area contributed by atoms with Crippen LogP contribution in [0.3, 0.4) is 0 Å². The largest absolute Gasteiger partial charge is 0.490 e. The van der Waals surface area contributed by atoms with E-state index < -0.39 is 0 Å². The van der Waals surface area contributed by atoms with Crippen molar-refractivity contribution in [2.24, 2.45) is 0 Å². The number of rotatable bonds is 5. The van der Waals surface area contributed by atoms with Crippen molar-refractivity contribution in [2.75, 3.05) is 6.61 Å². The van der Waals surface area contributed by atoms with Crippen LogP contribution in [0, 0.1) is 0 Å². The number of hydrogen-bond donors (Lipinski definition) is 1. The van der Waals surface area contributed by atoms with Crippen LogP contribution in [0.5, 0.6) is 5.75 Å². The molecule has 2 nitrogen and oxygen atoms in total. The maximum Gasteiger partial charge on any atom is 0.123 e. The van der Waals surface area contributed by atoms with E-state index in [1.807, 2.05) is 25.1 Å². The zero-order chi connectivity index (χ0) is 11.3. The van der Waals surface area contributed by atoms with Gasteiger partial charge in [0.1, 0.15) is 5.75 Å². The molecule has 0 radical (unpaired) electrons. The van der Waals surface area contributed by atoms with Crippen LogP contribution in [-0.4, -0.2) is 17.8 Å². The van der Waals surface area contributed by atoms with Crippen LogP contribution in [0.1, 0.15) is 38.7 Å². The molecule has 84 valence electrons. The van der Waals surface area contributed by atoms with Crippen LogP contribution in [0.15, 0.2) is 24.3 Å². The van der Waals surface area contributed by atoms with Gasteiger partial charge >= 0.3 is 0 Å². The van der Waals surface area contributed by atoms with Crippen LogP contribution in [-0.2, 0) is 0 Å². The third kappa shape index (κ3) is 3.56. The van der Waals surface area contributed by atoms with E-state index in [1.165, 1.54) is 5.56 Å². The highest BCUT2D eigenvalue weighted by atomic mass is 16.5. The van der Waals surface area contributed by atoms with E-state index in [0.29, 0.717) is 12.3 Å². The molecule has 0 aliphatic rings. The maximum absolute atomic E-state index is 8.81. The van der Waals surface area contributed by atoms with E-state index in [1.54, 1.807) is 0 Å². The van der Waals surface area contributed by atoms with Gasteiger partial charge in [0.05, 0.1) is 6.10 Å². The molecule has 0 bridgehead atoms. The van der Waals surface area contributed by atoms with Crippen LogP contribution in [0.2, 0.25) is 0 Å². The highest BCUT2D eigenvalue weighted by Gasteiger charge is 2.09. The summed E-state index contributed by atoms with van der Waals surface area (Å²) in [4.78, 5) is 0. The van der Waals surface area contributed by atoms with Gasteiger partial charge in [-0.05, 0) is 24.5 Å². The Balaban J connectivity index is 2.75. The van der Waals surface area contributed by atoms with Gasteiger partial charge in [0.15, 0.2) is 0 Å². The van der Waals surface area contributed by atoms with Gasteiger partial charge in [-0.25, -0.2) is 0 Å². The first-order valence-corrected chi connectivity index (χ1v) is 5.51. The summed E-state index contributed by atoms with van der Waals surface area (Å²) >= 11 is 0. The van der Waals surface area contributed by atoms with Gasteiger partial charge in [-0.1, -0.05) is 32.0 Å². The van der Waals surface area contributed by atoms with Gasteiger partial charge in [0.25, 0.3) is 0 Å². The standard InChI is InChI=1S/C13H20O2/c1-10(2)12-6-4-5-7-13(12)15-11(3)8-9-14/h4-7,10-11,14H,8-9H2,1-3H3. The average molecular weight is 208 g/mol. The van der Waals surface area contributed by atoms with Crippen molar-refractivity contribution >= 4 is 0 Å². The fourth-order valence-corrected chi connectivity index (χ4v) is 1.52. The summed E-state index contributed by atoms with van der Waals surface area (Å²) in [7, 11) is 0. The SMILES string of the molecule is CC(CCO)Oc1ccccc1C(C)C. The number of aliphatic hydroxyl groups is 1. The molecule has 0 aromatic heterocycles. The first-order valence-electron chi connectivity index (χ1n) is 5.51. The third-order valence-electron chi connectivity index (χ3n) is 2.40. The Labute approximate surface area is 91.9 Å². The van der Waals surface area contributed by atoms with Gasteiger partial charge in [-0.2, -0.15) is 0 Å². The van der Waals surface area contributed by atoms with Crippen LogP contribution < -0.4 is 4.74 Å². The lowest BCUT2D eigenvalue weighted by atomic mass is 10.0. The van der Waals surface area contributed by atoms with Crippen LogP contribution in [0.25, 0.3) is 0 Å². The monoisotopic (exact) mass is 208 g/mol. The number of aliphatic hydroxyl groups excluding tert-OH is 1. The molecule has 0 fully saturated rings. The van der Waals surface area contributed by atoms with Crippen molar-refractivity contribution in [3.8, 4) is 5.75 Å². The lowest BCUT2D eigenvalue weighted by Gasteiger charge is -2.18. The van der Waals surface area contributed by atoms with Gasteiger partial charge in [0, 0.05) is 13.0 Å². The molecule has 1 aromatic rings. The Morgan fingerprint density at radius 2 is 1.87 bits per heavy atom. The van der Waals surface area contributed by atoms with Crippen molar-refractivity contribution in [1.82, 2.24) is 0 Å². The van der Waals surface area contributed by atoms with Crippen molar-refractivity contribution in [3.05, 3.63) is 29.8 Å². The Morgan fingerprint density at radius 3 is 2.47 bits per heavy atom. The zero-order valence-corrected chi connectivity index (χ0v) is 9.73. The minimum atomic E-state index is 0.0647. The molecule has 0 saturated carbocycles. The molecule has 0 heterocycles. The van der Waals surface area contributed by atoms with E-state index >= 15 is 0 Å². The molecular weight excluding hydrogens is 188 g/mol. The van der Waals surface area contributed by atoms with Gasteiger partial charge in [-0.3, -0.25) is 0 Å². The maximum atomic E-state index is 8.81.